The van der Waals surface area contributed by atoms with Gasteiger partial charge in [0, 0.05) is 38.6 Å². The highest BCUT2D eigenvalue weighted by molar-refractivity contribution is 6.30. The fourth-order valence-corrected chi connectivity index (χ4v) is 5.06. The molecule has 1 amide bonds. The number of carbonyl (C=O) groups excluding carboxylic acids is 1. The number of hydrogen-bond donors (Lipinski definition) is 1. The van der Waals surface area contributed by atoms with E-state index in [-0.39, 0.29) is 12.3 Å². The molecule has 1 aliphatic carbocycles. The van der Waals surface area contributed by atoms with Crippen molar-refractivity contribution in [1.82, 2.24) is 4.90 Å². The Morgan fingerprint density at radius 3 is 2.60 bits per heavy atom. The number of nitrogens with zero attached hydrogens (tertiary/aromatic N) is 2. The quantitative estimate of drug-likeness (QED) is 0.568. The summed E-state index contributed by atoms with van der Waals surface area (Å²) in [6, 6.07) is 11.6. The van der Waals surface area contributed by atoms with Crippen LogP contribution < -0.4 is 9.64 Å². The van der Waals surface area contributed by atoms with Crippen molar-refractivity contribution in [1.29, 1.82) is 0 Å². The molecule has 35 heavy (non-hydrogen) atoms. The molecule has 0 bridgehead atoms. The second kappa shape index (κ2) is 11.3. The molecule has 0 spiro atoms. The molecule has 1 heterocycles. The third-order valence-corrected chi connectivity index (χ3v) is 7.52. The first-order valence-corrected chi connectivity index (χ1v) is 12.9. The van der Waals surface area contributed by atoms with Gasteiger partial charge < -0.3 is 19.6 Å². The van der Waals surface area contributed by atoms with Crippen molar-refractivity contribution in [3.05, 3.63) is 58.1 Å². The van der Waals surface area contributed by atoms with E-state index in [0.29, 0.717) is 18.1 Å². The Morgan fingerprint density at radius 1 is 1.11 bits per heavy atom. The third-order valence-electron chi connectivity index (χ3n) is 7.28. The molecule has 1 fully saturated rings. The lowest BCUT2D eigenvalue weighted by atomic mass is 9.85. The van der Waals surface area contributed by atoms with Crippen LogP contribution in [0.25, 0.3) is 0 Å². The summed E-state index contributed by atoms with van der Waals surface area (Å²) in [5.74, 6) is -0.695. The molecule has 1 saturated carbocycles. The lowest BCUT2D eigenvalue weighted by Crippen LogP contribution is -2.34. The maximum atomic E-state index is 12.4. The molecule has 1 N–H and O–H groups in total. The number of amides is 1. The smallest absolute Gasteiger partial charge is 0.311 e. The molecule has 1 atom stereocenters. The predicted molar refractivity (Wildman–Crippen MR) is 138 cm³/mol. The molecule has 0 saturated heterocycles. The lowest BCUT2D eigenvalue weighted by molar-refractivity contribution is -0.142. The summed E-state index contributed by atoms with van der Waals surface area (Å²) < 4.78 is 6.36. The average molecular weight is 499 g/mol. The standard InChI is InChI=1S/C28H35ClN2O4/c1-30(2)27(32)16-24(28(33)34)21-10-12-26-25(15-21)31(17-19-6-5-7-19)13-4-3-8-20-14-23(29)11-9-22(20)18-35-26/h9-12,14-15,19,24H,3-8,13,16-18H2,1-2H3,(H,33,34). The van der Waals surface area contributed by atoms with Gasteiger partial charge in [0.25, 0.3) is 0 Å². The highest BCUT2D eigenvalue weighted by atomic mass is 35.5. The molecule has 2 aliphatic rings. The van der Waals surface area contributed by atoms with E-state index in [9.17, 15) is 14.7 Å². The van der Waals surface area contributed by atoms with Crippen molar-refractivity contribution in [3.63, 3.8) is 0 Å². The van der Waals surface area contributed by atoms with Crippen LogP contribution in [-0.2, 0) is 22.6 Å². The summed E-state index contributed by atoms with van der Waals surface area (Å²) in [4.78, 5) is 28.3. The van der Waals surface area contributed by atoms with E-state index in [1.807, 2.05) is 30.3 Å². The SMILES string of the molecule is CN(C)C(=O)CC(C(=O)O)c1ccc2c(c1)N(CC1CCC1)CCCCc1cc(Cl)ccc1CO2. The number of anilines is 1. The van der Waals surface area contributed by atoms with Gasteiger partial charge in [-0.1, -0.05) is 30.2 Å². The van der Waals surface area contributed by atoms with Gasteiger partial charge in [-0.3, -0.25) is 9.59 Å². The van der Waals surface area contributed by atoms with Gasteiger partial charge in [-0.05, 0) is 79.0 Å². The van der Waals surface area contributed by atoms with Gasteiger partial charge >= 0.3 is 5.97 Å². The van der Waals surface area contributed by atoms with Crippen LogP contribution in [0, 0.1) is 5.92 Å². The Labute approximate surface area is 212 Å². The average Bonchev–Trinajstić information content (AvgIpc) is 2.82. The second-order valence-corrected chi connectivity index (χ2v) is 10.4. The molecule has 0 aromatic heterocycles. The third kappa shape index (κ3) is 6.29. The van der Waals surface area contributed by atoms with E-state index >= 15 is 0 Å². The highest BCUT2D eigenvalue weighted by Crippen LogP contribution is 2.37. The molecule has 1 aliphatic heterocycles. The van der Waals surface area contributed by atoms with Gasteiger partial charge in [0.05, 0.1) is 11.6 Å². The zero-order chi connectivity index (χ0) is 24.9. The molecule has 188 valence electrons. The minimum absolute atomic E-state index is 0.0707. The molecule has 1 unspecified atom stereocenters. The molecule has 0 radical (unpaired) electrons. The van der Waals surface area contributed by atoms with Crippen LogP contribution in [0.4, 0.5) is 5.69 Å². The van der Waals surface area contributed by atoms with Crippen LogP contribution >= 0.6 is 11.6 Å². The van der Waals surface area contributed by atoms with Crippen molar-refractivity contribution < 1.29 is 19.4 Å². The van der Waals surface area contributed by atoms with Crippen LogP contribution in [0.2, 0.25) is 5.02 Å². The predicted octanol–water partition coefficient (Wildman–Crippen LogP) is 5.51. The fraction of sp³-hybridized carbons (Fsp3) is 0.500. The fourth-order valence-electron chi connectivity index (χ4n) is 4.86. The first kappa shape index (κ1) is 25.4. The van der Waals surface area contributed by atoms with Crippen molar-refractivity contribution in [2.75, 3.05) is 32.1 Å². The molecular formula is C28H35ClN2O4. The number of hydrogen-bond acceptors (Lipinski definition) is 4. The summed E-state index contributed by atoms with van der Waals surface area (Å²) >= 11 is 6.26. The van der Waals surface area contributed by atoms with E-state index in [0.717, 1.165) is 54.4 Å². The largest absolute Gasteiger partial charge is 0.487 e. The number of aliphatic carboxylic acids is 1. The number of carboxylic acids is 1. The number of carboxylic acid groups (broad SMARTS) is 1. The van der Waals surface area contributed by atoms with Gasteiger partial charge in [-0.2, -0.15) is 0 Å². The van der Waals surface area contributed by atoms with Crippen LogP contribution in [0.3, 0.4) is 0 Å². The summed E-state index contributed by atoms with van der Waals surface area (Å²) in [6.07, 6.45) is 6.66. The van der Waals surface area contributed by atoms with Crippen molar-refractivity contribution in [2.45, 2.75) is 57.5 Å². The first-order valence-electron chi connectivity index (χ1n) is 12.5. The van der Waals surface area contributed by atoms with Gasteiger partial charge in [0.1, 0.15) is 12.4 Å². The van der Waals surface area contributed by atoms with Crippen molar-refractivity contribution in [3.8, 4) is 5.75 Å². The number of rotatable bonds is 6. The Morgan fingerprint density at radius 2 is 1.91 bits per heavy atom. The number of carbonyl (C=O) groups is 2. The first-order chi connectivity index (χ1) is 16.8. The molecule has 2 aromatic rings. The Kier molecular flexibility index (Phi) is 8.22. The Bertz CT molecular complexity index is 1070. The monoisotopic (exact) mass is 498 g/mol. The van der Waals surface area contributed by atoms with Gasteiger partial charge in [0.2, 0.25) is 5.91 Å². The summed E-state index contributed by atoms with van der Waals surface area (Å²) in [5.41, 5.74) is 3.90. The summed E-state index contributed by atoms with van der Waals surface area (Å²) in [5, 5.41) is 10.7. The van der Waals surface area contributed by atoms with Gasteiger partial charge in [-0.15, -0.1) is 0 Å². The van der Waals surface area contributed by atoms with Crippen molar-refractivity contribution >= 4 is 29.2 Å². The van der Waals surface area contributed by atoms with E-state index in [4.69, 9.17) is 16.3 Å². The van der Waals surface area contributed by atoms with Crippen molar-refractivity contribution in [2.24, 2.45) is 5.92 Å². The molecule has 2 aromatic carbocycles. The topological polar surface area (TPSA) is 70.1 Å². The van der Waals surface area contributed by atoms with Crippen LogP contribution in [0.1, 0.15) is 61.1 Å². The molecule has 7 heteroatoms. The Hall–Kier alpha value is -2.73. The number of halogens is 1. The zero-order valence-electron chi connectivity index (χ0n) is 20.6. The maximum Gasteiger partial charge on any atom is 0.311 e. The number of aryl methyl sites for hydroxylation is 1. The normalized spacial score (nSPS) is 17.2. The van der Waals surface area contributed by atoms with Gasteiger partial charge in [0.15, 0.2) is 0 Å². The number of benzene rings is 2. The van der Waals surface area contributed by atoms with Crippen LogP contribution in [-0.4, -0.2) is 49.1 Å². The minimum Gasteiger partial charge on any atom is -0.487 e. The number of fused-ring (bicyclic) bond motifs is 2. The maximum absolute atomic E-state index is 12.4. The zero-order valence-corrected chi connectivity index (χ0v) is 21.4. The van der Waals surface area contributed by atoms with E-state index in [1.54, 1.807) is 20.2 Å². The van der Waals surface area contributed by atoms with Crippen LogP contribution in [0.5, 0.6) is 5.75 Å². The van der Waals surface area contributed by atoms with E-state index in [1.165, 1.54) is 29.7 Å². The Balaban J connectivity index is 1.69. The number of ether oxygens (including phenoxy) is 1. The highest BCUT2D eigenvalue weighted by Gasteiger charge is 2.28. The van der Waals surface area contributed by atoms with Gasteiger partial charge in [-0.25, -0.2) is 0 Å². The minimum atomic E-state index is -0.992. The summed E-state index contributed by atoms with van der Waals surface area (Å²) in [7, 11) is 3.30. The molecule has 6 nitrogen and oxygen atoms in total. The molecular weight excluding hydrogens is 464 g/mol. The summed E-state index contributed by atoms with van der Waals surface area (Å²) in [6.45, 7) is 2.24. The second-order valence-electron chi connectivity index (χ2n) is 10.0. The van der Waals surface area contributed by atoms with E-state index in [2.05, 4.69) is 4.90 Å². The molecule has 4 rings (SSSR count). The van der Waals surface area contributed by atoms with E-state index < -0.39 is 11.9 Å². The van der Waals surface area contributed by atoms with Crippen LogP contribution in [0.15, 0.2) is 36.4 Å². The lowest BCUT2D eigenvalue weighted by Gasteiger charge is -2.35.